The normalized spacial score (nSPS) is 15.0. The second kappa shape index (κ2) is 7.36. The molecule has 7 nitrogen and oxygen atoms in total. The Bertz CT molecular complexity index is 1170. The highest BCUT2D eigenvalue weighted by Gasteiger charge is 2.33. The molecule has 0 aliphatic carbocycles. The molecule has 10 heteroatoms. The summed E-state index contributed by atoms with van der Waals surface area (Å²) in [5.41, 5.74) is 0.690. The standard InChI is InChI=1S/C19H18FN3O4S2/c1-22(2)29(25,26)14-8-6-12(7-9-14)18(24)23-10-13(11-23)27-19-21-17-15(20)4-3-5-16(17)28-19/h3-9,13H,10-11H2,1-2H3. The maximum Gasteiger partial charge on any atom is 0.274 e. The zero-order valence-corrected chi connectivity index (χ0v) is 17.3. The number of carbonyl (C=O) groups is 1. The third kappa shape index (κ3) is 3.70. The molecule has 0 spiro atoms. The average Bonchev–Trinajstić information content (AvgIpc) is 3.08. The van der Waals surface area contributed by atoms with Crippen molar-refractivity contribution >= 4 is 37.5 Å². The summed E-state index contributed by atoms with van der Waals surface area (Å²) in [7, 11) is -0.627. The van der Waals surface area contributed by atoms with Crippen molar-refractivity contribution in [3.63, 3.8) is 0 Å². The van der Waals surface area contributed by atoms with Crippen molar-refractivity contribution in [1.82, 2.24) is 14.2 Å². The summed E-state index contributed by atoms with van der Waals surface area (Å²) in [6, 6.07) is 10.6. The fraction of sp³-hybridized carbons (Fsp3) is 0.263. The summed E-state index contributed by atoms with van der Waals surface area (Å²) in [6.07, 6.45) is -0.212. The predicted molar refractivity (Wildman–Crippen MR) is 107 cm³/mol. The second-order valence-corrected chi connectivity index (χ2v) is 9.97. The zero-order valence-electron chi connectivity index (χ0n) is 15.7. The first-order valence-corrected chi connectivity index (χ1v) is 11.0. The fourth-order valence-corrected chi connectivity index (χ4v) is 4.73. The summed E-state index contributed by atoms with van der Waals surface area (Å²) in [4.78, 5) is 18.5. The first-order chi connectivity index (χ1) is 13.8. The van der Waals surface area contributed by atoms with E-state index in [1.165, 1.54) is 55.8 Å². The lowest BCUT2D eigenvalue weighted by molar-refractivity contribution is 0.0178. The summed E-state index contributed by atoms with van der Waals surface area (Å²) < 4.78 is 45.5. The molecule has 0 atom stereocenters. The van der Waals surface area contributed by atoms with Crippen molar-refractivity contribution in [2.45, 2.75) is 11.0 Å². The molecule has 0 saturated carbocycles. The van der Waals surface area contributed by atoms with E-state index in [9.17, 15) is 17.6 Å². The van der Waals surface area contributed by atoms with E-state index in [0.717, 1.165) is 4.31 Å². The van der Waals surface area contributed by atoms with Gasteiger partial charge in [-0.05, 0) is 36.4 Å². The SMILES string of the molecule is CN(C)S(=O)(=O)c1ccc(C(=O)N2CC(Oc3nc4c(F)cccc4s3)C2)cc1. The molecule has 1 aromatic heterocycles. The minimum absolute atomic E-state index is 0.131. The number of amides is 1. The van der Waals surface area contributed by atoms with Crippen molar-refractivity contribution in [3.05, 3.63) is 53.8 Å². The number of halogens is 1. The van der Waals surface area contributed by atoms with Gasteiger partial charge in [-0.2, -0.15) is 4.98 Å². The van der Waals surface area contributed by atoms with Gasteiger partial charge in [0.1, 0.15) is 17.4 Å². The lowest BCUT2D eigenvalue weighted by Gasteiger charge is -2.38. The first kappa shape index (κ1) is 19.7. The third-order valence-corrected chi connectivity index (χ3v) is 7.37. The van der Waals surface area contributed by atoms with Gasteiger partial charge in [-0.1, -0.05) is 17.4 Å². The molecule has 2 aromatic carbocycles. The van der Waals surface area contributed by atoms with E-state index in [0.29, 0.717) is 28.5 Å². The molecule has 1 aliphatic heterocycles. The van der Waals surface area contributed by atoms with E-state index in [-0.39, 0.29) is 22.4 Å². The number of rotatable bonds is 5. The number of aromatic nitrogens is 1. The average molecular weight is 436 g/mol. The smallest absolute Gasteiger partial charge is 0.274 e. The van der Waals surface area contributed by atoms with Crippen LogP contribution in [0.1, 0.15) is 10.4 Å². The van der Waals surface area contributed by atoms with Gasteiger partial charge in [-0.25, -0.2) is 17.1 Å². The molecule has 152 valence electrons. The number of hydrogen-bond donors (Lipinski definition) is 0. The molecule has 0 unspecified atom stereocenters. The highest BCUT2D eigenvalue weighted by atomic mass is 32.2. The van der Waals surface area contributed by atoms with Gasteiger partial charge in [-0.15, -0.1) is 0 Å². The van der Waals surface area contributed by atoms with E-state index < -0.39 is 15.8 Å². The van der Waals surface area contributed by atoms with E-state index in [4.69, 9.17) is 4.74 Å². The number of fused-ring (bicyclic) bond motifs is 1. The number of thiazole rings is 1. The topological polar surface area (TPSA) is 79.8 Å². The number of nitrogens with zero attached hydrogens (tertiary/aromatic N) is 3. The Hall–Kier alpha value is -2.56. The van der Waals surface area contributed by atoms with Crippen LogP contribution in [0.15, 0.2) is 47.4 Å². The Morgan fingerprint density at radius 1 is 1.21 bits per heavy atom. The number of likely N-dealkylation sites (tertiary alicyclic amines) is 1. The van der Waals surface area contributed by atoms with Gasteiger partial charge in [0, 0.05) is 19.7 Å². The van der Waals surface area contributed by atoms with Crippen LogP contribution in [0.3, 0.4) is 0 Å². The van der Waals surface area contributed by atoms with Crippen molar-refractivity contribution in [3.8, 4) is 5.19 Å². The van der Waals surface area contributed by atoms with E-state index >= 15 is 0 Å². The van der Waals surface area contributed by atoms with E-state index in [1.54, 1.807) is 17.0 Å². The van der Waals surface area contributed by atoms with Crippen LogP contribution in [0, 0.1) is 5.82 Å². The Morgan fingerprint density at radius 2 is 1.90 bits per heavy atom. The van der Waals surface area contributed by atoms with E-state index in [2.05, 4.69) is 4.98 Å². The van der Waals surface area contributed by atoms with Gasteiger partial charge in [0.2, 0.25) is 10.0 Å². The number of hydrogen-bond acceptors (Lipinski definition) is 6. The molecule has 2 heterocycles. The highest BCUT2D eigenvalue weighted by molar-refractivity contribution is 7.89. The maximum absolute atomic E-state index is 13.7. The molecule has 3 aromatic rings. The molecule has 1 saturated heterocycles. The largest absolute Gasteiger partial charge is 0.463 e. The zero-order chi connectivity index (χ0) is 20.8. The lowest BCUT2D eigenvalue weighted by Crippen LogP contribution is -2.56. The van der Waals surface area contributed by atoms with Crippen LogP contribution < -0.4 is 4.74 Å². The third-order valence-electron chi connectivity index (χ3n) is 4.63. The molecule has 1 amide bonds. The molecule has 4 rings (SSSR count). The molecular weight excluding hydrogens is 417 g/mol. The molecule has 29 heavy (non-hydrogen) atoms. The van der Waals surface area contributed by atoms with Crippen LogP contribution in [-0.2, 0) is 10.0 Å². The number of carbonyl (C=O) groups excluding carboxylic acids is 1. The molecule has 0 bridgehead atoms. The Morgan fingerprint density at radius 3 is 2.52 bits per heavy atom. The van der Waals surface area contributed by atoms with Crippen LogP contribution in [0.4, 0.5) is 4.39 Å². The van der Waals surface area contributed by atoms with Crippen LogP contribution in [0.25, 0.3) is 10.2 Å². The molecule has 0 N–H and O–H groups in total. The van der Waals surface area contributed by atoms with Gasteiger partial charge in [0.15, 0.2) is 0 Å². The molecule has 1 aliphatic rings. The van der Waals surface area contributed by atoms with Crippen molar-refractivity contribution in [2.24, 2.45) is 0 Å². The molecule has 0 radical (unpaired) electrons. The number of ether oxygens (including phenoxy) is 1. The molecule has 1 fully saturated rings. The van der Waals surface area contributed by atoms with Crippen molar-refractivity contribution in [1.29, 1.82) is 0 Å². The van der Waals surface area contributed by atoms with E-state index in [1.807, 2.05) is 0 Å². The summed E-state index contributed by atoms with van der Waals surface area (Å²) in [5.74, 6) is -0.590. The second-order valence-electron chi connectivity index (χ2n) is 6.83. The van der Waals surface area contributed by atoms with Gasteiger partial charge in [-0.3, -0.25) is 4.79 Å². The highest BCUT2D eigenvalue weighted by Crippen LogP contribution is 2.31. The first-order valence-electron chi connectivity index (χ1n) is 8.79. The number of benzene rings is 2. The Labute approximate surface area is 171 Å². The minimum Gasteiger partial charge on any atom is -0.463 e. The fourth-order valence-electron chi connectivity index (χ4n) is 2.93. The van der Waals surface area contributed by atoms with Crippen LogP contribution in [-0.4, -0.2) is 61.8 Å². The summed E-state index contributed by atoms with van der Waals surface area (Å²) in [6.45, 7) is 0.768. The van der Waals surface area contributed by atoms with Gasteiger partial charge in [0.05, 0.1) is 22.7 Å². The number of para-hydroxylation sites is 1. The van der Waals surface area contributed by atoms with Crippen molar-refractivity contribution < 1.29 is 22.3 Å². The maximum atomic E-state index is 13.7. The van der Waals surface area contributed by atoms with Crippen LogP contribution in [0.5, 0.6) is 5.19 Å². The Kier molecular flexibility index (Phi) is 5.01. The molecular formula is C19H18FN3O4S2. The summed E-state index contributed by atoms with van der Waals surface area (Å²) >= 11 is 1.26. The van der Waals surface area contributed by atoms with Gasteiger partial charge >= 0.3 is 0 Å². The van der Waals surface area contributed by atoms with Gasteiger partial charge < -0.3 is 9.64 Å². The van der Waals surface area contributed by atoms with Gasteiger partial charge in [0.25, 0.3) is 11.1 Å². The quantitative estimate of drug-likeness (QED) is 0.616. The van der Waals surface area contributed by atoms with Crippen LogP contribution in [0.2, 0.25) is 0 Å². The number of sulfonamides is 1. The lowest BCUT2D eigenvalue weighted by atomic mass is 10.1. The Balaban J connectivity index is 1.38. The summed E-state index contributed by atoms with van der Waals surface area (Å²) in [5, 5.41) is 0.375. The van der Waals surface area contributed by atoms with Crippen LogP contribution >= 0.6 is 11.3 Å². The van der Waals surface area contributed by atoms with Crippen molar-refractivity contribution in [2.75, 3.05) is 27.2 Å². The monoisotopic (exact) mass is 435 g/mol. The minimum atomic E-state index is -3.53. The predicted octanol–water partition coefficient (Wildman–Crippen LogP) is 2.59.